The molecular formula is C6H9Cl2N5O2S. The summed E-state index contributed by atoms with van der Waals surface area (Å²) in [6, 6.07) is 0. The Morgan fingerprint density at radius 1 is 1.31 bits per heavy atom. The number of anilines is 1. The van der Waals surface area contributed by atoms with Crippen LogP contribution < -0.4 is 10.0 Å². The van der Waals surface area contributed by atoms with E-state index < -0.39 is 10.0 Å². The maximum absolute atomic E-state index is 11.1. The summed E-state index contributed by atoms with van der Waals surface area (Å²) in [5, 5.41) is 9.58. The van der Waals surface area contributed by atoms with Crippen LogP contribution in [0.3, 0.4) is 0 Å². The zero-order valence-electron chi connectivity index (χ0n) is 8.24. The smallest absolute Gasteiger partial charge is 0.245 e. The van der Waals surface area contributed by atoms with Gasteiger partial charge in [0, 0.05) is 6.54 Å². The summed E-state index contributed by atoms with van der Waals surface area (Å²) in [6.45, 7) is 0.137. The SMILES string of the molecule is CNS(=O)(=O)CCNc1nc(Cl)nnc1Cl. The van der Waals surface area contributed by atoms with E-state index >= 15 is 0 Å². The van der Waals surface area contributed by atoms with Crippen molar-refractivity contribution < 1.29 is 8.42 Å². The van der Waals surface area contributed by atoms with Gasteiger partial charge in [-0.3, -0.25) is 0 Å². The Bertz CT molecular complexity index is 466. The van der Waals surface area contributed by atoms with Crippen molar-refractivity contribution in [3.8, 4) is 0 Å². The molecule has 1 aromatic heterocycles. The zero-order chi connectivity index (χ0) is 12.2. The molecule has 1 aromatic rings. The van der Waals surface area contributed by atoms with Gasteiger partial charge >= 0.3 is 0 Å². The highest BCUT2D eigenvalue weighted by Gasteiger charge is 2.09. The van der Waals surface area contributed by atoms with Gasteiger partial charge in [-0.1, -0.05) is 11.6 Å². The molecule has 0 aliphatic carbocycles. The zero-order valence-corrected chi connectivity index (χ0v) is 10.6. The lowest BCUT2D eigenvalue weighted by molar-refractivity contribution is 0.588. The summed E-state index contributed by atoms with van der Waals surface area (Å²) < 4.78 is 24.3. The lowest BCUT2D eigenvalue weighted by Gasteiger charge is -2.06. The third-order valence-electron chi connectivity index (χ3n) is 1.59. The van der Waals surface area contributed by atoms with Crippen LogP contribution >= 0.6 is 23.2 Å². The van der Waals surface area contributed by atoms with Gasteiger partial charge in [-0.2, -0.15) is 4.98 Å². The number of nitrogens with one attached hydrogen (secondary N) is 2. The van der Waals surface area contributed by atoms with Gasteiger partial charge in [-0.05, 0) is 18.6 Å². The summed E-state index contributed by atoms with van der Waals surface area (Å²) in [6.07, 6.45) is 0. The molecule has 0 spiro atoms. The highest BCUT2D eigenvalue weighted by atomic mass is 35.5. The summed E-state index contributed by atoms with van der Waals surface area (Å²) in [4.78, 5) is 3.75. The molecule has 1 heterocycles. The first kappa shape index (κ1) is 13.4. The molecule has 0 fully saturated rings. The molecule has 16 heavy (non-hydrogen) atoms. The highest BCUT2D eigenvalue weighted by Crippen LogP contribution is 2.15. The van der Waals surface area contributed by atoms with E-state index in [9.17, 15) is 8.42 Å². The van der Waals surface area contributed by atoms with Crippen molar-refractivity contribution in [3.05, 3.63) is 10.4 Å². The van der Waals surface area contributed by atoms with Gasteiger partial charge in [0.05, 0.1) is 5.75 Å². The van der Waals surface area contributed by atoms with E-state index in [1.165, 1.54) is 7.05 Å². The Kier molecular flexibility index (Phi) is 4.66. The summed E-state index contributed by atoms with van der Waals surface area (Å²) >= 11 is 11.2. The van der Waals surface area contributed by atoms with E-state index in [1.807, 2.05) is 0 Å². The molecule has 0 saturated carbocycles. The van der Waals surface area contributed by atoms with Gasteiger partial charge in [0.2, 0.25) is 15.3 Å². The second-order valence-corrected chi connectivity index (χ2v) is 5.41. The molecule has 0 saturated heterocycles. The Labute approximate surface area is 103 Å². The average Bonchev–Trinajstić information content (AvgIpc) is 2.23. The standard InChI is InChI=1S/C6H9Cl2N5O2S/c1-9-16(14,15)3-2-10-5-4(7)12-13-6(8)11-5/h9H,2-3H2,1H3,(H,10,11,13). The quantitative estimate of drug-likeness (QED) is 0.799. The van der Waals surface area contributed by atoms with Crippen molar-refractivity contribution in [2.24, 2.45) is 0 Å². The van der Waals surface area contributed by atoms with E-state index in [0.717, 1.165) is 0 Å². The molecule has 0 bridgehead atoms. The Balaban J connectivity index is 2.59. The van der Waals surface area contributed by atoms with Gasteiger partial charge < -0.3 is 5.32 Å². The van der Waals surface area contributed by atoms with E-state index in [4.69, 9.17) is 23.2 Å². The first-order chi connectivity index (χ1) is 7.44. The Morgan fingerprint density at radius 3 is 2.62 bits per heavy atom. The maximum atomic E-state index is 11.1. The maximum Gasteiger partial charge on any atom is 0.245 e. The third kappa shape index (κ3) is 4.05. The van der Waals surface area contributed by atoms with E-state index in [-0.39, 0.29) is 28.6 Å². The predicted molar refractivity (Wildman–Crippen MR) is 61.2 cm³/mol. The first-order valence-corrected chi connectivity index (χ1v) is 6.56. The second-order valence-electron chi connectivity index (χ2n) is 2.67. The molecule has 0 amide bonds. The minimum Gasteiger partial charge on any atom is -0.366 e. The lowest BCUT2D eigenvalue weighted by Crippen LogP contribution is -2.26. The van der Waals surface area contributed by atoms with Crippen LogP contribution in [-0.4, -0.2) is 42.9 Å². The first-order valence-electron chi connectivity index (χ1n) is 4.15. The van der Waals surface area contributed by atoms with Gasteiger partial charge in [-0.25, -0.2) is 13.1 Å². The molecule has 7 nitrogen and oxygen atoms in total. The van der Waals surface area contributed by atoms with Crippen LogP contribution in [0.25, 0.3) is 0 Å². The summed E-state index contributed by atoms with van der Waals surface area (Å²) in [7, 11) is -1.93. The van der Waals surface area contributed by atoms with Crippen LogP contribution in [0.4, 0.5) is 5.82 Å². The molecule has 0 aliphatic heterocycles. The summed E-state index contributed by atoms with van der Waals surface area (Å²) in [5.74, 6) is 0.0922. The van der Waals surface area contributed by atoms with Crippen molar-refractivity contribution in [3.63, 3.8) is 0 Å². The fraction of sp³-hybridized carbons (Fsp3) is 0.500. The van der Waals surface area contributed by atoms with E-state index in [1.54, 1.807) is 0 Å². The molecule has 0 aromatic carbocycles. The molecule has 1 rings (SSSR count). The van der Waals surface area contributed by atoms with Gasteiger partial charge in [0.1, 0.15) is 0 Å². The predicted octanol–water partition coefficient (Wildman–Crippen LogP) is 0.140. The van der Waals surface area contributed by atoms with Crippen molar-refractivity contribution >= 4 is 39.0 Å². The van der Waals surface area contributed by atoms with Gasteiger partial charge in [-0.15, -0.1) is 10.2 Å². The van der Waals surface area contributed by atoms with Gasteiger partial charge in [0.15, 0.2) is 11.0 Å². The molecule has 0 atom stereocenters. The number of aromatic nitrogens is 3. The Morgan fingerprint density at radius 2 is 2.00 bits per heavy atom. The van der Waals surface area contributed by atoms with Crippen molar-refractivity contribution in [2.75, 3.05) is 24.7 Å². The van der Waals surface area contributed by atoms with Crippen molar-refractivity contribution in [1.82, 2.24) is 19.9 Å². The number of halogens is 2. The van der Waals surface area contributed by atoms with Crippen LogP contribution in [0.1, 0.15) is 0 Å². The minimum atomic E-state index is -3.26. The normalized spacial score (nSPS) is 11.4. The molecule has 0 radical (unpaired) electrons. The van der Waals surface area contributed by atoms with E-state index in [2.05, 4.69) is 25.2 Å². The third-order valence-corrected chi connectivity index (χ3v) is 3.37. The molecule has 2 N–H and O–H groups in total. The highest BCUT2D eigenvalue weighted by molar-refractivity contribution is 7.89. The average molecular weight is 286 g/mol. The fourth-order valence-electron chi connectivity index (χ4n) is 0.812. The van der Waals surface area contributed by atoms with Crippen LogP contribution in [-0.2, 0) is 10.0 Å². The number of rotatable bonds is 5. The van der Waals surface area contributed by atoms with Crippen molar-refractivity contribution in [1.29, 1.82) is 0 Å². The minimum absolute atomic E-state index is 0.0336. The number of sulfonamides is 1. The summed E-state index contributed by atoms with van der Waals surface area (Å²) in [5.41, 5.74) is 0. The molecular weight excluding hydrogens is 277 g/mol. The topological polar surface area (TPSA) is 96.9 Å². The monoisotopic (exact) mass is 285 g/mol. The Hall–Kier alpha value is -0.700. The van der Waals surface area contributed by atoms with E-state index in [0.29, 0.717) is 0 Å². The second kappa shape index (κ2) is 5.58. The lowest BCUT2D eigenvalue weighted by atomic mass is 10.6. The fourth-order valence-corrected chi connectivity index (χ4v) is 1.66. The number of nitrogens with zero attached hydrogens (tertiary/aromatic N) is 3. The molecule has 10 heteroatoms. The molecule has 0 aliphatic rings. The van der Waals surface area contributed by atoms with Crippen LogP contribution in [0, 0.1) is 0 Å². The number of hydrogen-bond acceptors (Lipinski definition) is 6. The number of hydrogen-bond donors (Lipinski definition) is 2. The van der Waals surface area contributed by atoms with Gasteiger partial charge in [0.25, 0.3) is 0 Å². The van der Waals surface area contributed by atoms with Crippen LogP contribution in [0.15, 0.2) is 0 Å². The van der Waals surface area contributed by atoms with Crippen LogP contribution in [0.2, 0.25) is 10.4 Å². The van der Waals surface area contributed by atoms with Crippen molar-refractivity contribution in [2.45, 2.75) is 0 Å². The van der Waals surface area contributed by atoms with Crippen LogP contribution in [0.5, 0.6) is 0 Å². The molecule has 90 valence electrons. The largest absolute Gasteiger partial charge is 0.366 e. The molecule has 0 unspecified atom stereocenters.